The number of rotatable bonds is 5. The molecule has 1 atom stereocenters. The minimum absolute atomic E-state index is 0.0865. The van der Waals surface area contributed by atoms with Crippen LogP contribution in [0.15, 0.2) is 48.9 Å². The molecule has 4 aromatic rings. The Morgan fingerprint density at radius 3 is 2.80 bits per heavy atom. The fourth-order valence-corrected chi connectivity index (χ4v) is 3.06. The zero-order chi connectivity index (χ0) is 21.3. The fourth-order valence-electron chi connectivity index (χ4n) is 3.06. The van der Waals surface area contributed by atoms with Crippen molar-refractivity contribution in [3.8, 4) is 0 Å². The van der Waals surface area contributed by atoms with Crippen molar-refractivity contribution in [1.82, 2.24) is 24.7 Å². The Kier molecular flexibility index (Phi) is 5.09. The molecule has 9 heteroatoms. The van der Waals surface area contributed by atoms with Gasteiger partial charge < -0.3 is 10.6 Å². The van der Waals surface area contributed by atoms with Gasteiger partial charge in [-0.3, -0.25) is 4.79 Å². The van der Waals surface area contributed by atoms with Crippen molar-refractivity contribution in [2.75, 3.05) is 10.6 Å². The molecule has 2 N–H and O–H groups in total. The van der Waals surface area contributed by atoms with Gasteiger partial charge in [0.15, 0.2) is 5.65 Å². The van der Waals surface area contributed by atoms with Gasteiger partial charge in [0.1, 0.15) is 11.3 Å². The molecular weight excluding hydrogens is 385 g/mol. The maximum absolute atomic E-state index is 13.3. The van der Waals surface area contributed by atoms with Gasteiger partial charge >= 0.3 is 0 Å². The summed E-state index contributed by atoms with van der Waals surface area (Å²) >= 11 is 0. The van der Waals surface area contributed by atoms with Gasteiger partial charge in [0, 0.05) is 24.5 Å². The molecule has 0 saturated carbocycles. The molecule has 152 valence electrons. The number of amides is 1. The maximum atomic E-state index is 13.3. The first-order chi connectivity index (χ1) is 14.4. The summed E-state index contributed by atoms with van der Waals surface area (Å²) in [5, 5.41) is 10.3. The second kappa shape index (κ2) is 7.86. The van der Waals surface area contributed by atoms with Gasteiger partial charge in [-0.05, 0) is 37.6 Å². The highest BCUT2D eigenvalue weighted by Crippen LogP contribution is 2.22. The quantitative estimate of drug-likeness (QED) is 0.492. The summed E-state index contributed by atoms with van der Waals surface area (Å²) in [6.45, 7) is 3.56. The normalized spacial score (nSPS) is 12.0. The summed E-state index contributed by atoms with van der Waals surface area (Å²) in [7, 11) is 1.81. The SMILES string of the molecule is Cc1cc(C(=O)Nc2cccc([C@H](C)Nc3cnc4cnn(C)c4n3)c2)cnc1F. The van der Waals surface area contributed by atoms with Gasteiger partial charge in [-0.2, -0.15) is 9.49 Å². The van der Waals surface area contributed by atoms with Gasteiger partial charge in [-0.25, -0.2) is 19.6 Å². The lowest BCUT2D eigenvalue weighted by molar-refractivity contribution is 0.102. The van der Waals surface area contributed by atoms with E-state index in [-0.39, 0.29) is 11.9 Å². The third-order valence-electron chi connectivity index (χ3n) is 4.73. The van der Waals surface area contributed by atoms with Crippen LogP contribution in [0.3, 0.4) is 0 Å². The van der Waals surface area contributed by atoms with Crippen LogP contribution < -0.4 is 10.6 Å². The molecule has 3 aromatic heterocycles. The van der Waals surface area contributed by atoms with E-state index in [0.717, 1.165) is 11.1 Å². The number of nitrogens with zero attached hydrogens (tertiary/aromatic N) is 5. The van der Waals surface area contributed by atoms with Gasteiger partial charge in [-0.15, -0.1) is 0 Å². The summed E-state index contributed by atoms with van der Waals surface area (Å²) < 4.78 is 15.0. The van der Waals surface area contributed by atoms with Gasteiger partial charge in [0.05, 0.1) is 24.0 Å². The first kappa shape index (κ1) is 19.4. The summed E-state index contributed by atoms with van der Waals surface area (Å²) in [4.78, 5) is 25.0. The molecule has 3 heterocycles. The molecule has 0 spiro atoms. The molecule has 0 bridgehead atoms. The molecule has 0 fully saturated rings. The second-order valence-corrected chi connectivity index (χ2v) is 7.01. The van der Waals surface area contributed by atoms with Crippen molar-refractivity contribution in [2.45, 2.75) is 19.9 Å². The second-order valence-electron chi connectivity index (χ2n) is 7.01. The van der Waals surface area contributed by atoms with E-state index < -0.39 is 5.95 Å². The van der Waals surface area contributed by atoms with Crippen molar-refractivity contribution in [2.24, 2.45) is 7.05 Å². The first-order valence-electron chi connectivity index (χ1n) is 9.35. The Labute approximate surface area is 172 Å². The molecule has 8 nitrogen and oxygen atoms in total. The minimum atomic E-state index is -0.583. The molecule has 0 aliphatic rings. The number of aryl methyl sites for hydroxylation is 2. The van der Waals surface area contributed by atoms with E-state index >= 15 is 0 Å². The lowest BCUT2D eigenvalue weighted by atomic mass is 10.1. The van der Waals surface area contributed by atoms with Gasteiger partial charge in [0.25, 0.3) is 5.91 Å². The predicted octanol–water partition coefficient (Wildman–Crippen LogP) is 3.63. The molecule has 0 saturated heterocycles. The van der Waals surface area contributed by atoms with E-state index in [4.69, 9.17) is 0 Å². The summed E-state index contributed by atoms with van der Waals surface area (Å²) in [6, 6.07) is 8.85. The van der Waals surface area contributed by atoms with Crippen molar-refractivity contribution in [3.05, 3.63) is 71.6 Å². The number of carbonyl (C=O) groups excluding carboxylic acids is 1. The largest absolute Gasteiger partial charge is 0.362 e. The smallest absolute Gasteiger partial charge is 0.257 e. The average Bonchev–Trinajstić information content (AvgIpc) is 3.10. The van der Waals surface area contributed by atoms with E-state index in [1.54, 1.807) is 30.1 Å². The van der Waals surface area contributed by atoms with Crippen LogP contribution in [0.4, 0.5) is 15.9 Å². The molecule has 30 heavy (non-hydrogen) atoms. The van der Waals surface area contributed by atoms with Crippen molar-refractivity contribution in [1.29, 1.82) is 0 Å². The number of hydrogen-bond acceptors (Lipinski definition) is 6. The average molecular weight is 405 g/mol. The van der Waals surface area contributed by atoms with Crippen molar-refractivity contribution in [3.63, 3.8) is 0 Å². The van der Waals surface area contributed by atoms with Crippen LogP contribution in [0.25, 0.3) is 11.2 Å². The highest BCUT2D eigenvalue weighted by Gasteiger charge is 2.12. The van der Waals surface area contributed by atoms with Crippen LogP contribution in [0, 0.1) is 12.9 Å². The Bertz CT molecular complexity index is 1240. The summed E-state index contributed by atoms with van der Waals surface area (Å²) in [6.07, 6.45) is 4.55. The highest BCUT2D eigenvalue weighted by atomic mass is 19.1. The van der Waals surface area contributed by atoms with E-state index in [9.17, 15) is 9.18 Å². The molecule has 0 aliphatic carbocycles. The zero-order valence-corrected chi connectivity index (χ0v) is 16.7. The van der Waals surface area contributed by atoms with E-state index in [1.165, 1.54) is 12.3 Å². The number of benzene rings is 1. The van der Waals surface area contributed by atoms with Crippen molar-refractivity contribution < 1.29 is 9.18 Å². The molecule has 1 amide bonds. The highest BCUT2D eigenvalue weighted by molar-refractivity contribution is 6.04. The number of pyridine rings is 1. The minimum Gasteiger partial charge on any atom is -0.362 e. The third kappa shape index (κ3) is 3.95. The monoisotopic (exact) mass is 405 g/mol. The molecule has 0 radical (unpaired) electrons. The summed E-state index contributed by atoms with van der Waals surface area (Å²) in [5.74, 6) is -0.308. The number of aromatic nitrogens is 5. The lowest BCUT2D eigenvalue weighted by Crippen LogP contribution is -2.14. The molecular formula is C21H20FN7O. The Balaban J connectivity index is 1.49. The number of hydrogen-bond donors (Lipinski definition) is 2. The number of carbonyl (C=O) groups is 1. The first-order valence-corrected chi connectivity index (χ1v) is 9.35. The van der Waals surface area contributed by atoms with Crippen LogP contribution in [0.2, 0.25) is 0 Å². The fraction of sp³-hybridized carbons (Fsp3) is 0.190. The number of fused-ring (bicyclic) bond motifs is 1. The number of nitrogens with one attached hydrogen (secondary N) is 2. The van der Waals surface area contributed by atoms with E-state index in [2.05, 4.69) is 30.7 Å². The van der Waals surface area contributed by atoms with Gasteiger partial charge in [0.2, 0.25) is 5.95 Å². The standard InChI is InChI=1S/C21H20FN7O/c1-12-7-15(9-24-19(12)22)21(30)27-16-6-4-5-14(8-16)13(2)26-18-11-23-17-10-25-29(3)20(17)28-18/h4-11,13H,1-3H3,(H,26,28)(H,27,30)/t13-/m0/s1. The van der Waals surface area contributed by atoms with E-state index in [0.29, 0.717) is 28.3 Å². The Morgan fingerprint density at radius 2 is 2.00 bits per heavy atom. The molecule has 1 aromatic carbocycles. The molecule has 0 aliphatic heterocycles. The topological polar surface area (TPSA) is 97.6 Å². The molecule has 4 rings (SSSR count). The zero-order valence-electron chi connectivity index (χ0n) is 16.7. The Hall–Kier alpha value is -3.88. The molecule has 0 unspecified atom stereocenters. The Morgan fingerprint density at radius 1 is 1.17 bits per heavy atom. The third-order valence-corrected chi connectivity index (χ3v) is 4.73. The van der Waals surface area contributed by atoms with E-state index in [1.807, 2.05) is 32.2 Å². The van der Waals surface area contributed by atoms with Crippen molar-refractivity contribution >= 4 is 28.6 Å². The van der Waals surface area contributed by atoms with Crippen LogP contribution in [0.1, 0.15) is 34.5 Å². The van der Waals surface area contributed by atoms with Crippen LogP contribution in [0.5, 0.6) is 0 Å². The maximum Gasteiger partial charge on any atom is 0.257 e. The van der Waals surface area contributed by atoms with Crippen LogP contribution >= 0.6 is 0 Å². The lowest BCUT2D eigenvalue weighted by Gasteiger charge is -2.16. The number of halogens is 1. The van der Waals surface area contributed by atoms with Crippen LogP contribution in [-0.2, 0) is 7.05 Å². The van der Waals surface area contributed by atoms with Gasteiger partial charge in [-0.1, -0.05) is 12.1 Å². The summed E-state index contributed by atoms with van der Waals surface area (Å²) in [5.41, 5.74) is 3.61. The predicted molar refractivity (Wildman–Crippen MR) is 112 cm³/mol. The number of anilines is 2. The van der Waals surface area contributed by atoms with Crippen LogP contribution in [-0.4, -0.2) is 30.6 Å².